The summed E-state index contributed by atoms with van der Waals surface area (Å²) in [6.45, 7) is 2.76. The summed E-state index contributed by atoms with van der Waals surface area (Å²) in [4.78, 5) is 12.1. The Bertz CT molecular complexity index is 960. The van der Waals surface area contributed by atoms with Crippen molar-refractivity contribution in [2.24, 2.45) is 7.05 Å². The largest absolute Gasteiger partial charge is 0.493 e. The van der Waals surface area contributed by atoms with Gasteiger partial charge in [0.25, 0.3) is 0 Å². The molecule has 0 aliphatic heterocycles. The van der Waals surface area contributed by atoms with E-state index in [0.717, 1.165) is 11.1 Å². The SMILES string of the molecule is COc1cc(C)ccc1OCc1nnc(SCC(=O)NCc2ccccc2)n1C. The van der Waals surface area contributed by atoms with Gasteiger partial charge in [0.2, 0.25) is 5.91 Å². The molecule has 29 heavy (non-hydrogen) atoms. The van der Waals surface area contributed by atoms with Crippen molar-refractivity contribution >= 4 is 17.7 Å². The van der Waals surface area contributed by atoms with Gasteiger partial charge in [-0.25, -0.2) is 0 Å². The fourth-order valence-corrected chi connectivity index (χ4v) is 3.37. The molecule has 152 valence electrons. The van der Waals surface area contributed by atoms with Crippen molar-refractivity contribution in [2.75, 3.05) is 12.9 Å². The maximum Gasteiger partial charge on any atom is 0.230 e. The zero-order valence-electron chi connectivity index (χ0n) is 16.7. The Morgan fingerprint density at radius 1 is 1.14 bits per heavy atom. The first-order valence-corrected chi connectivity index (χ1v) is 10.1. The standard InChI is InChI=1S/C21H24N4O3S/c1-15-9-10-17(18(11-15)27-3)28-13-19-23-24-21(25(19)2)29-14-20(26)22-12-16-7-5-4-6-8-16/h4-11H,12-14H2,1-3H3,(H,22,26). The molecule has 1 heterocycles. The zero-order valence-corrected chi connectivity index (χ0v) is 17.5. The van der Waals surface area contributed by atoms with Gasteiger partial charge in [0.05, 0.1) is 12.9 Å². The number of aryl methyl sites for hydroxylation is 1. The van der Waals surface area contributed by atoms with E-state index in [9.17, 15) is 4.79 Å². The molecule has 7 nitrogen and oxygen atoms in total. The fraction of sp³-hybridized carbons (Fsp3) is 0.286. The molecule has 0 unspecified atom stereocenters. The Labute approximate surface area is 174 Å². The minimum atomic E-state index is -0.0518. The lowest BCUT2D eigenvalue weighted by atomic mass is 10.2. The molecule has 1 N–H and O–H groups in total. The van der Waals surface area contributed by atoms with Gasteiger partial charge in [-0.05, 0) is 30.2 Å². The highest BCUT2D eigenvalue weighted by Crippen LogP contribution is 2.28. The predicted molar refractivity (Wildman–Crippen MR) is 112 cm³/mol. The number of amides is 1. The molecule has 0 fully saturated rings. The summed E-state index contributed by atoms with van der Waals surface area (Å²) in [6, 6.07) is 15.6. The van der Waals surface area contributed by atoms with E-state index in [1.807, 2.05) is 67.1 Å². The van der Waals surface area contributed by atoms with E-state index < -0.39 is 0 Å². The molecule has 3 aromatic rings. The first kappa shape index (κ1) is 20.7. The van der Waals surface area contributed by atoms with Crippen LogP contribution in [0.15, 0.2) is 53.7 Å². The third kappa shape index (κ3) is 5.74. The summed E-state index contributed by atoms with van der Waals surface area (Å²) in [6.07, 6.45) is 0. The van der Waals surface area contributed by atoms with E-state index in [-0.39, 0.29) is 18.3 Å². The Morgan fingerprint density at radius 3 is 2.69 bits per heavy atom. The molecule has 0 saturated heterocycles. The third-order valence-corrected chi connectivity index (χ3v) is 5.29. The van der Waals surface area contributed by atoms with Crippen LogP contribution in [0.2, 0.25) is 0 Å². The molecule has 1 amide bonds. The topological polar surface area (TPSA) is 78.3 Å². The van der Waals surface area contributed by atoms with Crippen molar-refractivity contribution in [1.29, 1.82) is 0 Å². The lowest BCUT2D eigenvalue weighted by molar-refractivity contribution is -0.118. The number of methoxy groups -OCH3 is 1. The number of thioether (sulfide) groups is 1. The Kier molecular flexibility index (Phi) is 7.13. The number of ether oxygens (including phenoxy) is 2. The van der Waals surface area contributed by atoms with Crippen molar-refractivity contribution in [2.45, 2.75) is 25.2 Å². The van der Waals surface area contributed by atoms with Crippen LogP contribution in [0.1, 0.15) is 17.0 Å². The van der Waals surface area contributed by atoms with Crippen molar-refractivity contribution in [3.05, 3.63) is 65.5 Å². The average molecular weight is 413 g/mol. The normalized spacial score (nSPS) is 10.6. The molecular formula is C21H24N4O3S. The number of rotatable bonds is 9. The number of carbonyl (C=O) groups excluding carboxylic acids is 1. The van der Waals surface area contributed by atoms with Crippen molar-refractivity contribution in [3.8, 4) is 11.5 Å². The Hall–Kier alpha value is -3.00. The van der Waals surface area contributed by atoms with Gasteiger partial charge in [-0.1, -0.05) is 48.2 Å². The number of hydrogen-bond donors (Lipinski definition) is 1. The summed E-state index contributed by atoms with van der Waals surface area (Å²) in [7, 11) is 3.47. The van der Waals surface area contributed by atoms with Gasteiger partial charge in [0.15, 0.2) is 22.5 Å². The van der Waals surface area contributed by atoms with E-state index in [1.165, 1.54) is 11.8 Å². The molecule has 0 spiro atoms. The van der Waals surface area contributed by atoms with Crippen LogP contribution in [0.25, 0.3) is 0 Å². The summed E-state index contributed by atoms with van der Waals surface area (Å²) < 4.78 is 13.0. The van der Waals surface area contributed by atoms with E-state index in [1.54, 1.807) is 7.11 Å². The van der Waals surface area contributed by atoms with Crippen LogP contribution in [0.3, 0.4) is 0 Å². The molecule has 0 radical (unpaired) electrons. The molecule has 8 heteroatoms. The third-order valence-electron chi connectivity index (χ3n) is 4.27. The lowest BCUT2D eigenvalue weighted by Gasteiger charge is -2.11. The predicted octanol–water partition coefficient (Wildman–Crippen LogP) is 3.12. The van der Waals surface area contributed by atoms with E-state index in [0.29, 0.717) is 29.0 Å². The van der Waals surface area contributed by atoms with Gasteiger partial charge in [-0.15, -0.1) is 10.2 Å². The smallest absolute Gasteiger partial charge is 0.230 e. The second-order valence-electron chi connectivity index (χ2n) is 6.45. The van der Waals surface area contributed by atoms with Gasteiger partial charge in [0, 0.05) is 13.6 Å². The molecule has 0 aliphatic carbocycles. The summed E-state index contributed by atoms with van der Waals surface area (Å²) >= 11 is 1.34. The Balaban J connectivity index is 1.51. The number of benzene rings is 2. The molecule has 2 aromatic carbocycles. The highest BCUT2D eigenvalue weighted by atomic mass is 32.2. The van der Waals surface area contributed by atoms with Crippen LogP contribution in [0.5, 0.6) is 11.5 Å². The minimum Gasteiger partial charge on any atom is -0.493 e. The van der Waals surface area contributed by atoms with Crippen molar-refractivity contribution in [1.82, 2.24) is 20.1 Å². The first-order valence-electron chi connectivity index (χ1n) is 9.16. The lowest BCUT2D eigenvalue weighted by Crippen LogP contribution is -2.24. The molecule has 1 aromatic heterocycles. The highest BCUT2D eigenvalue weighted by molar-refractivity contribution is 7.99. The summed E-state index contributed by atoms with van der Waals surface area (Å²) in [5, 5.41) is 11.9. The van der Waals surface area contributed by atoms with Crippen LogP contribution in [0.4, 0.5) is 0 Å². The van der Waals surface area contributed by atoms with E-state index >= 15 is 0 Å². The summed E-state index contributed by atoms with van der Waals surface area (Å²) in [5.74, 6) is 2.21. The molecule has 0 aliphatic rings. The average Bonchev–Trinajstić information content (AvgIpc) is 3.10. The summed E-state index contributed by atoms with van der Waals surface area (Å²) in [5.41, 5.74) is 2.16. The molecule has 0 bridgehead atoms. The number of carbonyl (C=O) groups is 1. The van der Waals surface area contributed by atoms with E-state index in [4.69, 9.17) is 9.47 Å². The van der Waals surface area contributed by atoms with Gasteiger partial charge in [-0.3, -0.25) is 4.79 Å². The van der Waals surface area contributed by atoms with Crippen molar-refractivity contribution < 1.29 is 14.3 Å². The number of nitrogens with one attached hydrogen (secondary N) is 1. The number of nitrogens with zero attached hydrogens (tertiary/aromatic N) is 3. The number of hydrogen-bond acceptors (Lipinski definition) is 6. The highest BCUT2D eigenvalue weighted by Gasteiger charge is 2.13. The van der Waals surface area contributed by atoms with Gasteiger partial charge >= 0.3 is 0 Å². The van der Waals surface area contributed by atoms with Crippen LogP contribution >= 0.6 is 11.8 Å². The number of aromatic nitrogens is 3. The van der Waals surface area contributed by atoms with Crippen molar-refractivity contribution in [3.63, 3.8) is 0 Å². The quantitative estimate of drug-likeness (QED) is 0.544. The van der Waals surface area contributed by atoms with Crippen LogP contribution in [0, 0.1) is 6.92 Å². The zero-order chi connectivity index (χ0) is 20.6. The molecular weight excluding hydrogens is 388 g/mol. The molecule has 3 rings (SSSR count). The van der Waals surface area contributed by atoms with E-state index in [2.05, 4.69) is 15.5 Å². The van der Waals surface area contributed by atoms with Gasteiger partial charge in [0.1, 0.15) is 6.61 Å². The molecule has 0 saturated carbocycles. The fourth-order valence-electron chi connectivity index (χ4n) is 2.61. The maximum atomic E-state index is 12.1. The maximum absolute atomic E-state index is 12.1. The van der Waals surface area contributed by atoms with Crippen LogP contribution in [-0.2, 0) is 25.0 Å². The minimum absolute atomic E-state index is 0.0518. The molecule has 0 atom stereocenters. The second-order valence-corrected chi connectivity index (χ2v) is 7.39. The van der Waals surface area contributed by atoms with Crippen LogP contribution < -0.4 is 14.8 Å². The second kappa shape index (κ2) is 9.97. The monoisotopic (exact) mass is 412 g/mol. The van der Waals surface area contributed by atoms with Crippen LogP contribution in [-0.4, -0.2) is 33.5 Å². The first-order chi connectivity index (χ1) is 14.1. The Morgan fingerprint density at radius 2 is 1.93 bits per heavy atom. The van der Waals surface area contributed by atoms with Gasteiger partial charge in [-0.2, -0.15) is 0 Å². The van der Waals surface area contributed by atoms with Gasteiger partial charge < -0.3 is 19.4 Å².